The van der Waals surface area contributed by atoms with Gasteiger partial charge < -0.3 is 9.64 Å². The van der Waals surface area contributed by atoms with Crippen molar-refractivity contribution in [2.45, 2.75) is 6.10 Å². The highest BCUT2D eigenvalue weighted by Crippen LogP contribution is 2.23. The lowest BCUT2D eigenvalue weighted by atomic mass is 10.1. The number of ether oxygens (including phenoxy) is 1. The predicted molar refractivity (Wildman–Crippen MR) is 102 cm³/mol. The SMILES string of the molecule is CN(C)C(=O)C(OC(=O)c1cc(-c2ccc(Cl)cc2)n[nH]1)c1ccccc1. The lowest BCUT2D eigenvalue weighted by molar-refractivity contribution is -0.138. The largest absolute Gasteiger partial charge is 0.443 e. The van der Waals surface area contributed by atoms with Crippen molar-refractivity contribution < 1.29 is 14.3 Å². The summed E-state index contributed by atoms with van der Waals surface area (Å²) in [4.78, 5) is 26.4. The normalized spacial score (nSPS) is 11.7. The third-order valence-corrected chi connectivity index (χ3v) is 4.18. The van der Waals surface area contributed by atoms with Gasteiger partial charge in [0.2, 0.25) is 6.10 Å². The molecule has 0 saturated carbocycles. The van der Waals surface area contributed by atoms with Crippen molar-refractivity contribution in [1.82, 2.24) is 15.1 Å². The Morgan fingerprint density at radius 1 is 1.07 bits per heavy atom. The second-order valence-corrected chi connectivity index (χ2v) is 6.54. The number of hydrogen-bond acceptors (Lipinski definition) is 4. The van der Waals surface area contributed by atoms with Crippen LogP contribution in [0.3, 0.4) is 0 Å². The first-order valence-electron chi connectivity index (χ1n) is 8.24. The Bertz CT molecular complexity index is 937. The van der Waals surface area contributed by atoms with Crippen LogP contribution in [-0.2, 0) is 9.53 Å². The molecule has 1 N–H and O–H groups in total. The van der Waals surface area contributed by atoms with Crippen LogP contribution in [0.1, 0.15) is 22.2 Å². The van der Waals surface area contributed by atoms with Gasteiger partial charge in [-0.05, 0) is 18.2 Å². The average molecular weight is 384 g/mol. The number of hydrogen-bond donors (Lipinski definition) is 1. The average Bonchev–Trinajstić information content (AvgIpc) is 3.17. The van der Waals surface area contributed by atoms with Gasteiger partial charge in [-0.2, -0.15) is 5.10 Å². The molecule has 0 spiro atoms. The molecule has 0 bridgehead atoms. The van der Waals surface area contributed by atoms with Crippen LogP contribution in [0, 0.1) is 0 Å². The quantitative estimate of drug-likeness (QED) is 0.681. The molecule has 1 aromatic heterocycles. The number of likely N-dealkylation sites (N-methyl/N-ethyl adjacent to an activating group) is 1. The van der Waals surface area contributed by atoms with Gasteiger partial charge in [0.25, 0.3) is 5.91 Å². The number of esters is 1. The van der Waals surface area contributed by atoms with Crippen LogP contribution in [0.2, 0.25) is 5.02 Å². The number of benzene rings is 2. The van der Waals surface area contributed by atoms with Gasteiger partial charge in [-0.1, -0.05) is 54.1 Å². The molecule has 0 saturated heterocycles. The number of carbonyl (C=O) groups is 2. The Morgan fingerprint density at radius 3 is 2.37 bits per heavy atom. The summed E-state index contributed by atoms with van der Waals surface area (Å²) in [5.74, 6) is -0.987. The minimum atomic E-state index is -1.03. The van der Waals surface area contributed by atoms with Crippen molar-refractivity contribution in [3.63, 3.8) is 0 Å². The van der Waals surface area contributed by atoms with E-state index in [1.807, 2.05) is 6.07 Å². The van der Waals surface area contributed by atoms with Crippen LogP contribution in [-0.4, -0.2) is 41.1 Å². The van der Waals surface area contributed by atoms with Gasteiger partial charge in [0, 0.05) is 30.2 Å². The second-order valence-electron chi connectivity index (χ2n) is 6.10. The van der Waals surface area contributed by atoms with Crippen LogP contribution in [0.15, 0.2) is 60.7 Å². The highest BCUT2D eigenvalue weighted by molar-refractivity contribution is 6.30. The van der Waals surface area contributed by atoms with Crippen LogP contribution in [0.4, 0.5) is 0 Å². The highest BCUT2D eigenvalue weighted by atomic mass is 35.5. The summed E-state index contributed by atoms with van der Waals surface area (Å²) in [7, 11) is 3.22. The van der Waals surface area contributed by atoms with Gasteiger partial charge in [-0.15, -0.1) is 0 Å². The zero-order chi connectivity index (χ0) is 19.4. The van der Waals surface area contributed by atoms with E-state index < -0.39 is 12.1 Å². The van der Waals surface area contributed by atoms with Gasteiger partial charge in [-0.25, -0.2) is 4.79 Å². The number of H-pyrrole nitrogens is 1. The molecule has 0 fully saturated rings. The van der Waals surface area contributed by atoms with Crippen molar-refractivity contribution in [1.29, 1.82) is 0 Å². The summed E-state index contributed by atoms with van der Waals surface area (Å²) < 4.78 is 5.49. The molecule has 1 heterocycles. The first-order valence-corrected chi connectivity index (χ1v) is 8.62. The summed E-state index contributed by atoms with van der Waals surface area (Å²) in [6.45, 7) is 0. The summed E-state index contributed by atoms with van der Waals surface area (Å²) >= 11 is 5.89. The van der Waals surface area contributed by atoms with Crippen molar-refractivity contribution in [3.8, 4) is 11.3 Å². The zero-order valence-corrected chi connectivity index (χ0v) is 15.6. The number of halogens is 1. The zero-order valence-electron chi connectivity index (χ0n) is 14.8. The fourth-order valence-electron chi connectivity index (χ4n) is 2.49. The van der Waals surface area contributed by atoms with Crippen LogP contribution in [0.25, 0.3) is 11.3 Å². The minimum Gasteiger partial charge on any atom is -0.443 e. The van der Waals surface area contributed by atoms with Crippen LogP contribution >= 0.6 is 11.6 Å². The summed E-state index contributed by atoms with van der Waals surface area (Å²) in [5.41, 5.74) is 2.14. The molecule has 6 nitrogen and oxygen atoms in total. The Hall–Kier alpha value is -3.12. The fraction of sp³-hybridized carbons (Fsp3) is 0.150. The molecule has 1 unspecified atom stereocenters. The van der Waals surface area contributed by atoms with E-state index in [-0.39, 0.29) is 11.6 Å². The Morgan fingerprint density at radius 2 is 1.74 bits per heavy atom. The van der Waals surface area contributed by atoms with Gasteiger partial charge in [0.05, 0.1) is 5.69 Å². The van der Waals surface area contributed by atoms with Crippen LogP contribution < -0.4 is 0 Å². The molecule has 7 heteroatoms. The van der Waals surface area contributed by atoms with Crippen molar-refractivity contribution in [3.05, 3.63) is 76.9 Å². The van der Waals surface area contributed by atoms with Gasteiger partial charge in [0.15, 0.2) is 0 Å². The lowest BCUT2D eigenvalue weighted by Crippen LogP contribution is -2.31. The van der Waals surface area contributed by atoms with Crippen molar-refractivity contribution in [2.75, 3.05) is 14.1 Å². The molecule has 27 heavy (non-hydrogen) atoms. The first-order chi connectivity index (χ1) is 13.0. The summed E-state index contributed by atoms with van der Waals surface area (Å²) in [6.07, 6.45) is -1.03. The lowest BCUT2D eigenvalue weighted by Gasteiger charge is -2.20. The van der Waals surface area contributed by atoms with Crippen molar-refractivity contribution >= 4 is 23.5 Å². The maximum absolute atomic E-state index is 12.6. The van der Waals surface area contributed by atoms with E-state index in [2.05, 4.69) is 10.2 Å². The highest BCUT2D eigenvalue weighted by Gasteiger charge is 2.27. The standard InChI is InChI=1S/C20H18ClN3O3/c1-24(2)19(25)18(14-6-4-3-5-7-14)27-20(26)17-12-16(22-23-17)13-8-10-15(21)11-9-13/h3-12,18H,1-2H3,(H,22,23). The van der Waals surface area contributed by atoms with E-state index in [4.69, 9.17) is 16.3 Å². The number of nitrogens with one attached hydrogen (secondary N) is 1. The monoisotopic (exact) mass is 383 g/mol. The van der Waals surface area contributed by atoms with E-state index in [0.717, 1.165) is 5.56 Å². The van der Waals surface area contributed by atoms with E-state index in [1.165, 1.54) is 4.90 Å². The Kier molecular flexibility index (Phi) is 5.57. The number of amides is 1. The van der Waals surface area contributed by atoms with E-state index >= 15 is 0 Å². The molecule has 1 atom stereocenters. The number of carbonyl (C=O) groups excluding carboxylic acids is 2. The van der Waals surface area contributed by atoms with Gasteiger partial charge in [-0.3, -0.25) is 9.89 Å². The molecule has 0 radical (unpaired) electrons. The first kappa shape index (κ1) is 18.7. The Labute approximate surface area is 161 Å². The summed E-state index contributed by atoms with van der Waals surface area (Å²) in [5, 5.41) is 7.41. The molecular formula is C20H18ClN3O3. The maximum Gasteiger partial charge on any atom is 0.357 e. The molecule has 138 valence electrons. The number of aromatic amines is 1. The number of aromatic nitrogens is 2. The topological polar surface area (TPSA) is 75.3 Å². The Balaban J connectivity index is 1.82. The predicted octanol–water partition coefficient (Wildman–Crippen LogP) is 3.72. The molecule has 2 aromatic carbocycles. The van der Waals surface area contributed by atoms with E-state index in [0.29, 0.717) is 16.3 Å². The summed E-state index contributed by atoms with van der Waals surface area (Å²) in [6, 6.07) is 17.5. The van der Waals surface area contributed by atoms with E-state index in [9.17, 15) is 9.59 Å². The number of rotatable bonds is 5. The molecule has 0 aliphatic carbocycles. The van der Waals surface area contributed by atoms with Crippen LogP contribution in [0.5, 0.6) is 0 Å². The van der Waals surface area contributed by atoms with Crippen molar-refractivity contribution in [2.24, 2.45) is 0 Å². The third-order valence-electron chi connectivity index (χ3n) is 3.93. The molecular weight excluding hydrogens is 366 g/mol. The molecule has 1 amide bonds. The maximum atomic E-state index is 12.6. The third kappa shape index (κ3) is 4.35. The molecule has 3 aromatic rings. The molecule has 0 aliphatic heterocycles. The fourth-order valence-corrected chi connectivity index (χ4v) is 2.61. The van der Waals surface area contributed by atoms with E-state index in [1.54, 1.807) is 68.7 Å². The molecule has 0 aliphatic rings. The number of nitrogens with zero attached hydrogens (tertiary/aromatic N) is 2. The van der Waals surface area contributed by atoms with Gasteiger partial charge >= 0.3 is 5.97 Å². The molecule has 3 rings (SSSR count). The minimum absolute atomic E-state index is 0.160. The second kappa shape index (κ2) is 8.05. The smallest absolute Gasteiger partial charge is 0.357 e. The van der Waals surface area contributed by atoms with Gasteiger partial charge in [0.1, 0.15) is 5.69 Å².